The molecule has 1 aliphatic rings. The van der Waals surface area contributed by atoms with Gasteiger partial charge in [-0.3, -0.25) is 9.20 Å². The van der Waals surface area contributed by atoms with Crippen molar-refractivity contribution >= 4 is 22.2 Å². The van der Waals surface area contributed by atoms with Crippen molar-refractivity contribution < 1.29 is 4.79 Å². The Morgan fingerprint density at radius 2 is 2.29 bits per heavy atom. The standard InChI is InChI=1S/C14H15N5OS/c1-3-4-5-14(17-18-14)6-7-15-12(20)11-9-19-8-10(2)16-13(19)21-11/h1,8-9H,4-7H2,2H3,(H,15,20). The minimum absolute atomic E-state index is 0.0871. The summed E-state index contributed by atoms with van der Waals surface area (Å²) in [4.78, 5) is 17.9. The third-order valence-electron chi connectivity index (χ3n) is 3.36. The van der Waals surface area contributed by atoms with Gasteiger partial charge in [0.2, 0.25) is 0 Å². The van der Waals surface area contributed by atoms with E-state index >= 15 is 0 Å². The topological polar surface area (TPSA) is 71.1 Å². The first-order valence-electron chi connectivity index (χ1n) is 6.73. The fourth-order valence-electron chi connectivity index (χ4n) is 2.15. The molecule has 0 atom stereocenters. The first-order chi connectivity index (χ1) is 10.1. The Hall–Kier alpha value is -2.20. The molecule has 108 valence electrons. The number of nitrogens with zero attached hydrogens (tertiary/aromatic N) is 4. The summed E-state index contributed by atoms with van der Waals surface area (Å²) in [7, 11) is 0. The van der Waals surface area contributed by atoms with Crippen LogP contribution in [-0.2, 0) is 0 Å². The highest BCUT2D eigenvalue weighted by atomic mass is 32.1. The molecule has 3 heterocycles. The summed E-state index contributed by atoms with van der Waals surface area (Å²) in [6.45, 7) is 2.47. The fraction of sp³-hybridized carbons (Fsp3) is 0.429. The van der Waals surface area contributed by atoms with Crippen LogP contribution in [0.4, 0.5) is 0 Å². The van der Waals surface area contributed by atoms with Gasteiger partial charge in [0.15, 0.2) is 10.6 Å². The van der Waals surface area contributed by atoms with Crippen molar-refractivity contribution in [2.75, 3.05) is 6.54 Å². The number of imidazole rings is 1. The molecule has 0 unspecified atom stereocenters. The van der Waals surface area contributed by atoms with Crippen LogP contribution in [0.2, 0.25) is 0 Å². The summed E-state index contributed by atoms with van der Waals surface area (Å²) in [5.74, 6) is 2.50. The number of fused-ring (bicyclic) bond motifs is 1. The first kappa shape index (κ1) is 13.8. The van der Waals surface area contributed by atoms with E-state index in [9.17, 15) is 4.79 Å². The minimum Gasteiger partial charge on any atom is -0.351 e. The average Bonchev–Trinajstić information content (AvgIpc) is 2.97. The largest absolute Gasteiger partial charge is 0.351 e. The summed E-state index contributed by atoms with van der Waals surface area (Å²) in [6, 6.07) is 0. The maximum atomic E-state index is 12.1. The van der Waals surface area contributed by atoms with Gasteiger partial charge in [-0.2, -0.15) is 10.2 Å². The lowest BCUT2D eigenvalue weighted by Gasteiger charge is -2.09. The Bertz CT molecular complexity index is 714. The summed E-state index contributed by atoms with van der Waals surface area (Å²) in [5, 5.41) is 11.0. The molecule has 0 aliphatic carbocycles. The van der Waals surface area contributed by atoms with E-state index in [0.29, 0.717) is 24.3 Å². The molecule has 3 rings (SSSR count). The highest BCUT2D eigenvalue weighted by molar-refractivity contribution is 7.18. The molecule has 0 radical (unpaired) electrons. The molecule has 0 spiro atoms. The number of nitrogens with one attached hydrogen (secondary N) is 1. The number of terminal acetylenes is 1. The molecule has 0 bridgehead atoms. The lowest BCUT2D eigenvalue weighted by Crippen LogP contribution is -2.27. The van der Waals surface area contributed by atoms with Crippen LogP contribution in [0, 0.1) is 19.3 Å². The van der Waals surface area contributed by atoms with Crippen molar-refractivity contribution in [1.82, 2.24) is 14.7 Å². The van der Waals surface area contributed by atoms with E-state index in [1.807, 2.05) is 17.5 Å². The molecule has 0 fully saturated rings. The number of aryl methyl sites for hydroxylation is 1. The van der Waals surface area contributed by atoms with Gasteiger partial charge in [-0.25, -0.2) is 4.98 Å². The number of thiazole rings is 1. The van der Waals surface area contributed by atoms with Crippen LogP contribution < -0.4 is 5.32 Å². The molecular weight excluding hydrogens is 286 g/mol. The van der Waals surface area contributed by atoms with Crippen molar-refractivity contribution in [3.8, 4) is 12.3 Å². The minimum atomic E-state index is -0.346. The fourth-order valence-corrected chi connectivity index (χ4v) is 3.08. The Morgan fingerprint density at radius 3 is 2.95 bits per heavy atom. The summed E-state index contributed by atoms with van der Waals surface area (Å²) in [5.41, 5.74) is 0.599. The maximum absolute atomic E-state index is 12.1. The van der Waals surface area contributed by atoms with E-state index in [1.165, 1.54) is 11.3 Å². The highest BCUT2D eigenvalue weighted by Gasteiger charge is 2.38. The molecule has 7 heteroatoms. The number of carbonyl (C=O) groups excluding carboxylic acids is 1. The monoisotopic (exact) mass is 301 g/mol. The second-order valence-corrected chi connectivity index (χ2v) is 6.07. The van der Waals surface area contributed by atoms with Crippen LogP contribution in [0.5, 0.6) is 0 Å². The Balaban J connectivity index is 1.52. The lowest BCUT2D eigenvalue weighted by molar-refractivity contribution is 0.0955. The SMILES string of the molecule is C#CCCC1(CCNC(=O)c2cn3cc(C)nc3s2)N=N1. The molecule has 0 saturated carbocycles. The molecular formula is C14H15N5OS. The van der Waals surface area contributed by atoms with Crippen molar-refractivity contribution in [3.05, 3.63) is 23.0 Å². The zero-order chi connectivity index (χ0) is 14.9. The highest BCUT2D eigenvalue weighted by Crippen LogP contribution is 2.36. The predicted molar refractivity (Wildman–Crippen MR) is 80.4 cm³/mol. The maximum Gasteiger partial charge on any atom is 0.263 e. The van der Waals surface area contributed by atoms with E-state index in [2.05, 4.69) is 26.4 Å². The van der Waals surface area contributed by atoms with Gasteiger partial charge in [0.05, 0.1) is 5.69 Å². The quantitative estimate of drug-likeness (QED) is 0.832. The molecule has 2 aromatic rings. The lowest BCUT2D eigenvalue weighted by atomic mass is 10.0. The zero-order valence-electron chi connectivity index (χ0n) is 11.7. The van der Waals surface area contributed by atoms with Crippen LogP contribution in [0.25, 0.3) is 4.96 Å². The van der Waals surface area contributed by atoms with Crippen molar-refractivity contribution in [1.29, 1.82) is 0 Å². The number of carbonyl (C=O) groups is 1. The molecule has 1 N–H and O–H groups in total. The van der Waals surface area contributed by atoms with Crippen LogP contribution in [0.1, 0.15) is 34.6 Å². The number of hydrogen-bond acceptors (Lipinski definition) is 5. The second kappa shape index (κ2) is 5.30. The number of aromatic nitrogens is 2. The van der Waals surface area contributed by atoms with E-state index in [-0.39, 0.29) is 11.6 Å². The Morgan fingerprint density at radius 1 is 1.48 bits per heavy atom. The van der Waals surface area contributed by atoms with Crippen molar-refractivity contribution in [2.24, 2.45) is 10.2 Å². The second-order valence-electron chi connectivity index (χ2n) is 5.06. The molecule has 1 aliphatic heterocycles. The van der Waals surface area contributed by atoms with Gasteiger partial charge in [0.1, 0.15) is 4.88 Å². The van der Waals surface area contributed by atoms with Gasteiger partial charge in [-0.1, -0.05) is 11.3 Å². The molecule has 0 saturated heterocycles. The van der Waals surface area contributed by atoms with Crippen LogP contribution in [0.15, 0.2) is 22.6 Å². The first-order valence-corrected chi connectivity index (χ1v) is 7.54. The number of rotatable bonds is 6. The van der Waals surface area contributed by atoms with Gasteiger partial charge < -0.3 is 5.32 Å². The van der Waals surface area contributed by atoms with Crippen LogP contribution >= 0.6 is 11.3 Å². The van der Waals surface area contributed by atoms with E-state index < -0.39 is 0 Å². The predicted octanol–water partition coefficient (Wildman–Crippen LogP) is 2.40. The van der Waals surface area contributed by atoms with E-state index in [4.69, 9.17) is 6.42 Å². The number of hydrogen-bond donors (Lipinski definition) is 1. The molecule has 1 amide bonds. The van der Waals surface area contributed by atoms with Crippen molar-refractivity contribution in [3.63, 3.8) is 0 Å². The number of amides is 1. The van der Waals surface area contributed by atoms with Gasteiger partial charge in [-0.15, -0.1) is 12.3 Å². The van der Waals surface area contributed by atoms with Gasteiger partial charge in [0.25, 0.3) is 5.91 Å². The van der Waals surface area contributed by atoms with E-state index in [1.54, 1.807) is 6.20 Å². The van der Waals surface area contributed by atoms with Gasteiger partial charge in [0, 0.05) is 38.2 Å². The smallest absolute Gasteiger partial charge is 0.263 e. The van der Waals surface area contributed by atoms with Crippen LogP contribution in [-0.4, -0.2) is 27.5 Å². The molecule has 6 nitrogen and oxygen atoms in total. The Kier molecular flexibility index (Phi) is 3.47. The van der Waals surface area contributed by atoms with Gasteiger partial charge in [-0.05, 0) is 6.92 Å². The summed E-state index contributed by atoms with van der Waals surface area (Å²) in [6.07, 6.45) is 11.1. The van der Waals surface area contributed by atoms with Gasteiger partial charge >= 0.3 is 0 Å². The molecule has 0 aromatic carbocycles. The normalized spacial score (nSPS) is 15.0. The third-order valence-corrected chi connectivity index (χ3v) is 4.36. The summed E-state index contributed by atoms with van der Waals surface area (Å²) < 4.78 is 1.87. The molecule has 21 heavy (non-hydrogen) atoms. The van der Waals surface area contributed by atoms with Crippen LogP contribution in [0.3, 0.4) is 0 Å². The zero-order valence-corrected chi connectivity index (χ0v) is 12.5. The van der Waals surface area contributed by atoms with E-state index in [0.717, 1.165) is 17.1 Å². The van der Waals surface area contributed by atoms with Crippen molar-refractivity contribution in [2.45, 2.75) is 31.8 Å². The average molecular weight is 301 g/mol. The molecule has 2 aromatic heterocycles. The summed E-state index contributed by atoms with van der Waals surface area (Å²) >= 11 is 1.38. The Labute approximate surface area is 126 Å². The third kappa shape index (κ3) is 2.95.